The van der Waals surface area contributed by atoms with Crippen LogP contribution in [0.15, 0.2) is 40.6 Å². The first-order valence-corrected chi connectivity index (χ1v) is 9.16. The Bertz CT molecular complexity index is 862. The molecule has 8 heteroatoms. The molecule has 2 rings (SSSR count). The molecule has 0 bridgehead atoms. The van der Waals surface area contributed by atoms with Gasteiger partial charge in [-0.05, 0) is 36.4 Å². The number of hydrogen-bond acceptors (Lipinski definition) is 4. The summed E-state index contributed by atoms with van der Waals surface area (Å²) >= 11 is 6.71. The maximum atomic E-state index is 11.9. The fourth-order valence-corrected chi connectivity index (χ4v) is 4.08. The Morgan fingerprint density at radius 2 is 1.91 bits per heavy atom. The number of hydrogen-bond donors (Lipinski definition) is 2. The van der Waals surface area contributed by atoms with Crippen LogP contribution in [0.4, 0.5) is 5.69 Å². The number of sulfonamides is 1. The lowest BCUT2D eigenvalue weighted by Crippen LogP contribution is -2.23. The second kappa shape index (κ2) is 7.62. The molecule has 1 aromatic carbocycles. The minimum Gasteiger partial charge on any atom is -0.326 e. The number of carbonyl (C=O) groups excluding carboxylic acids is 1. The largest absolute Gasteiger partial charge is 0.326 e. The molecule has 23 heavy (non-hydrogen) atoms. The van der Waals surface area contributed by atoms with E-state index in [1.165, 1.54) is 19.1 Å². The van der Waals surface area contributed by atoms with E-state index in [-0.39, 0.29) is 16.7 Å². The molecule has 0 radical (unpaired) electrons. The van der Waals surface area contributed by atoms with Crippen LogP contribution in [-0.2, 0) is 14.8 Å². The average molecular weight is 369 g/mol. The van der Waals surface area contributed by atoms with Gasteiger partial charge in [0.2, 0.25) is 5.91 Å². The lowest BCUT2D eigenvalue weighted by Gasteiger charge is -2.01. The van der Waals surface area contributed by atoms with Gasteiger partial charge in [0.25, 0.3) is 10.0 Å². The predicted octanol–water partition coefficient (Wildman–Crippen LogP) is 2.69. The van der Waals surface area contributed by atoms with Crippen LogP contribution in [0.1, 0.15) is 12.5 Å². The predicted molar refractivity (Wildman–Crippen MR) is 92.1 cm³/mol. The van der Waals surface area contributed by atoms with E-state index in [2.05, 4.69) is 21.9 Å². The summed E-state index contributed by atoms with van der Waals surface area (Å²) in [5.74, 6) is 5.43. The number of nitrogens with one attached hydrogen (secondary N) is 2. The van der Waals surface area contributed by atoms with Crippen molar-refractivity contribution in [1.29, 1.82) is 0 Å². The van der Waals surface area contributed by atoms with Crippen molar-refractivity contribution >= 4 is 44.6 Å². The van der Waals surface area contributed by atoms with Crippen LogP contribution in [0.25, 0.3) is 0 Å². The number of halogens is 1. The molecule has 0 aliphatic rings. The number of thiophene rings is 1. The summed E-state index contributed by atoms with van der Waals surface area (Å²) in [7, 11) is -3.58. The van der Waals surface area contributed by atoms with Gasteiger partial charge in [0.05, 0.1) is 10.9 Å². The Labute approximate surface area is 143 Å². The van der Waals surface area contributed by atoms with Crippen LogP contribution >= 0.6 is 22.9 Å². The normalized spacial score (nSPS) is 10.7. The third kappa shape index (κ3) is 5.37. The summed E-state index contributed by atoms with van der Waals surface area (Å²) in [5.41, 5.74) is 1.40. The van der Waals surface area contributed by atoms with Crippen molar-refractivity contribution in [3.63, 3.8) is 0 Å². The molecular weight excluding hydrogens is 356 g/mol. The van der Waals surface area contributed by atoms with Gasteiger partial charge in [-0.15, -0.1) is 11.3 Å². The zero-order chi connectivity index (χ0) is 16.9. The SMILES string of the molecule is CC(=O)Nc1ccc(C#CCNS(=O)(=O)c2ccc(Cl)s2)cc1. The van der Waals surface area contributed by atoms with Crippen LogP contribution in [0.2, 0.25) is 4.34 Å². The van der Waals surface area contributed by atoms with Crippen molar-refractivity contribution in [1.82, 2.24) is 4.72 Å². The minimum atomic E-state index is -3.58. The van der Waals surface area contributed by atoms with Gasteiger partial charge in [-0.25, -0.2) is 8.42 Å². The zero-order valence-corrected chi connectivity index (χ0v) is 14.5. The Morgan fingerprint density at radius 1 is 1.22 bits per heavy atom. The molecule has 1 heterocycles. The molecule has 0 saturated carbocycles. The number of amides is 1. The van der Waals surface area contributed by atoms with Crippen molar-refractivity contribution in [2.75, 3.05) is 11.9 Å². The molecule has 2 N–H and O–H groups in total. The molecule has 0 fully saturated rings. The quantitative estimate of drug-likeness (QED) is 0.815. The minimum absolute atomic E-state index is 0.00863. The molecule has 0 atom stereocenters. The highest BCUT2D eigenvalue weighted by molar-refractivity contribution is 7.91. The number of rotatable bonds is 4. The summed E-state index contributed by atoms with van der Waals surface area (Å²) in [5, 5.41) is 2.65. The Morgan fingerprint density at radius 3 is 2.48 bits per heavy atom. The van der Waals surface area contributed by atoms with E-state index in [9.17, 15) is 13.2 Å². The van der Waals surface area contributed by atoms with Crippen molar-refractivity contribution in [3.8, 4) is 11.8 Å². The highest BCUT2D eigenvalue weighted by Crippen LogP contribution is 2.25. The lowest BCUT2D eigenvalue weighted by atomic mass is 10.2. The second-order valence-electron chi connectivity index (χ2n) is 4.44. The Kier molecular flexibility index (Phi) is 5.80. The first kappa shape index (κ1) is 17.5. The van der Waals surface area contributed by atoms with Crippen LogP contribution in [-0.4, -0.2) is 20.9 Å². The molecule has 2 aromatic rings. The van der Waals surface area contributed by atoms with E-state index in [4.69, 9.17) is 11.6 Å². The standard InChI is InChI=1S/C15H13ClN2O3S2/c1-11(19)18-13-6-4-12(5-7-13)3-2-10-17-23(20,21)15-9-8-14(16)22-15/h4-9,17H,10H2,1H3,(H,18,19). The molecular formula is C15H13ClN2O3S2. The number of benzene rings is 1. The first-order chi connectivity index (χ1) is 10.9. The average Bonchev–Trinajstić information content (AvgIpc) is 2.92. The van der Waals surface area contributed by atoms with Crippen LogP contribution in [0.5, 0.6) is 0 Å². The van der Waals surface area contributed by atoms with Crippen molar-refractivity contribution in [2.24, 2.45) is 0 Å². The lowest BCUT2D eigenvalue weighted by molar-refractivity contribution is -0.114. The third-order valence-electron chi connectivity index (χ3n) is 2.60. The monoisotopic (exact) mass is 368 g/mol. The summed E-state index contributed by atoms with van der Waals surface area (Å²) in [6.07, 6.45) is 0. The second-order valence-corrected chi connectivity index (χ2v) is 8.15. The van der Waals surface area contributed by atoms with E-state index in [1.54, 1.807) is 24.3 Å². The molecule has 0 aliphatic heterocycles. The fourth-order valence-electron chi connectivity index (χ4n) is 1.63. The number of carbonyl (C=O) groups is 1. The summed E-state index contributed by atoms with van der Waals surface area (Å²) < 4.78 is 26.8. The molecule has 0 saturated heterocycles. The van der Waals surface area contributed by atoms with Gasteiger partial charge in [-0.1, -0.05) is 23.4 Å². The zero-order valence-electron chi connectivity index (χ0n) is 12.1. The van der Waals surface area contributed by atoms with Crippen molar-refractivity contribution < 1.29 is 13.2 Å². The Balaban J connectivity index is 1.94. The van der Waals surface area contributed by atoms with Crippen LogP contribution in [0, 0.1) is 11.8 Å². The molecule has 1 amide bonds. The first-order valence-electron chi connectivity index (χ1n) is 6.48. The number of anilines is 1. The summed E-state index contributed by atoms with van der Waals surface area (Å²) in [4.78, 5) is 10.9. The summed E-state index contributed by atoms with van der Waals surface area (Å²) in [6.45, 7) is 1.42. The third-order valence-corrected chi connectivity index (χ3v) is 5.73. The highest BCUT2D eigenvalue weighted by atomic mass is 35.5. The van der Waals surface area contributed by atoms with Crippen molar-refractivity contribution in [2.45, 2.75) is 11.1 Å². The van der Waals surface area contributed by atoms with E-state index < -0.39 is 10.0 Å². The fraction of sp³-hybridized carbons (Fsp3) is 0.133. The van der Waals surface area contributed by atoms with Gasteiger partial charge in [-0.3, -0.25) is 4.79 Å². The molecule has 0 aliphatic carbocycles. The van der Waals surface area contributed by atoms with E-state index >= 15 is 0 Å². The smallest absolute Gasteiger partial charge is 0.250 e. The van der Waals surface area contributed by atoms with E-state index in [0.717, 1.165) is 16.9 Å². The van der Waals surface area contributed by atoms with Gasteiger partial charge >= 0.3 is 0 Å². The molecule has 0 unspecified atom stereocenters. The van der Waals surface area contributed by atoms with Crippen LogP contribution in [0.3, 0.4) is 0 Å². The maximum Gasteiger partial charge on any atom is 0.250 e. The van der Waals surface area contributed by atoms with Gasteiger partial charge in [0.15, 0.2) is 0 Å². The maximum absolute atomic E-state index is 11.9. The van der Waals surface area contributed by atoms with Gasteiger partial charge < -0.3 is 5.32 Å². The van der Waals surface area contributed by atoms with E-state index in [0.29, 0.717) is 10.0 Å². The Hall–Kier alpha value is -1.85. The summed E-state index contributed by atoms with van der Waals surface area (Å²) in [6, 6.07) is 9.91. The van der Waals surface area contributed by atoms with Crippen LogP contribution < -0.4 is 10.0 Å². The molecule has 0 spiro atoms. The molecule has 1 aromatic heterocycles. The van der Waals surface area contributed by atoms with Gasteiger partial charge in [0, 0.05) is 18.2 Å². The van der Waals surface area contributed by atoms with Crippen molar-refractivity contribution in [3.05, 3.63) is 46.3 Å². The molecule has 120 valence electrons. The van der Waals surface area contributed by atoms with Gasteiger partial charge in [-0.2, -0.15) is 4.72 Å². The highest BCUT2D eigenvalue weighted by Gasteiger charge is 2.15. The van der Waals surface area contributed by atoms with Gasteiger partial charge in [0.1, 0.15) is 4.21 Å². The van der Waals surface area contributed by atoms with E-state index in [1.807, 2.05) is 0 Å². The molecule has 5 nitrogen and oxygen atoms in total. The topological polar surface area (TPSA) is 75.3 Å².